The largest absolute Gasteiger partial charge is 0.469 e. The molecule has 4 bridgehead atoms. The molecule has 178 valence electrons. The van der Waals surface area contributed by atoms with Gasteiger partial charge in [0, 0.05) is 49.1 Å². The molecule has 4 aliphatic rings. The van der Waals surface area contributed by atoms with Gasteiger partial charge >= 0.3 is 11.9 Å². The van der Waals surface area contributed by atoms with Crippen LogP contribution >= 0.6 is 0 Å². The molecule has 32 heavy (non-hydrogen) atoms. The minimum atomic E-state index is -1.24. The van der Waals surface area contributed by atoms with Crippen molar-refractivity contribution in [2.75, 3.05) is 41.0 Å². The number of esters is 2. The predicted molar refractivity (Wildman–Crippen MR) is 114 cm³/mol. The maximum absolute atomic E-state index is 13.9. The van der Waals surface area contributed by atoms with Gasteiger partial charge in [-0.05, 0) is 32.2 Å². The van der Waals surface area contributed by atoms with Gasteiger partial charge in [-0.15, -0.1) is 0 Å². The minimum absolute atomic E-state index is 0.0145. The SMILES string of the molecule is CCC(=O)CCC12COC34C(=O)CCC1CN(C)CC23CC(C(=O)OC)C4CC(=O)OC. The quantitative estimate of drug-likeness (QED) is 0.543. The lowest BCUT2D eigenvalue weighted by molar-refractivity contribution is -0.163. The first-order chi connectivity index (χ1) is 15.2. The highest BCUT2D eigenvalue weighted by molar-refractivity contribution is 5.93. The first-order valence-corrected chi connectivity index (χ1v) is 11.7. The van der Waals surface area contributed by atoms with Crippen molar-refractivity contribution in [1.29, 1.82) is 0 Å². The first kappa shape index (κ1) is 23.4. The molecule has 0 N–H and O–H groups in total. The Balaban J connectivity index is 1.89. The molecule has 0 aromatic rings. The summed E-state index contributed by atoms with van der Waals surface area (Å²) in [6.45, 7) is 3.69. The average Bonchev–Trinajstić information content (AvgIpc) is 3.21. The molecule has 2 aliphatic carbocycles. The van der Waals surface area contributed by atoms with Gasteiger partial charge in [-0.3, -0.25) is 19.2 Å². The highest BCUT2D eigenvalue weighted by Crippen LogP contribution is 2.74. The van der Waals surface area contributed by atoms with Gasteiger partial charge in [0.1, 0.15) is 11.4 Å². The number of methoxy groups -OCH3 is 2. The van der Waals surface area contributed by atoms with E-state index >= 15 is 0 Å². The molecular formula is C24H35NO7. The van der Waals surface area contributed by atoms with E-state index in [2.05, 4.69) is 4.90 Å². The first-order valence-electron chi connectivity index (χ1n) is 11.7. The number of ketones is 2. The molecule has 2 aliphatic heterocycles. The third-order valence-corrected chi connectivity index (χ3v) is 9.15. The fraction of sp³-hybridized carbons (Fsp3) is 0.833. The van der Waals surface area contributed by atoms with Crippen LogP contribution in [0.2, 0.25) is 0 Å². The predicted octanol–water partition coefficient (Wildman–Crippen LogP) is 1.78. The Morgan fingerprint density at radius 3 is 2.62 bits per heavy atom. The number of piperidine rings is 1. The summed E-state index contributed by atoms with van der Waals surface area (Å²) in [4.78, 5) is 53.9. The molecule has 8 heteroatoms. The van der Waals surface area contributed by atoms with Crippen molar-refractivity contribution in [3.8, 4) is 0 Å². The molecule has 1 spiro atoms. The number of nitrogens with zero attached hydrogens (tertiary/aromatic N) is 1. The molecule has 0 radical (unpaired) electrons. The lowest BCUT2D eigenvalue weighted by Gasteiger charge is -2.56. The monoisotopic (exact) mass is 449 g/mol. The summed E-state index contributed by atoms with van der Waals surface area (Å²) in [5, 5.41) is 0. The van der Waals surface area contributed by atoms with Gasteiger partial charge in [-0.2, -0.15) is 0 Å². The lowest BCUT2D eigenvalue weighted by Crippen LogP contribution is -2.64. The van der Waals surface area contributed by atoms with E-state index in [9.17, 15) is 19.2 Å². The number of Topliss-reactive ketones (excluding diaryl/α,β-unsaturated/α-hetero) is 2. The van der Waals surface area contributed by atoms with Crippen LogP contribution in [0.3, 0.4) is 0 Å². The lowest BCUT2D eigenvalue weighted by atomic mass is 9.50. The second-order valence-electron chi connectivity index (χ2n) is 10.2. The number of rotatable bonds is 7. The summed E-state index contributed by atoms with van der Waals surface area (Å²) in [6, 6.07) is 0. The van der Waals surface area contributed by atoms with Crippen molar-refractivity contribution >= 4 is 23.5 Å². The van der Waals surface area contributed by atoms with Crippen LogP contribution in [0.5, 0.6) is 0 Å². The number of ether oxygens (including phenoxy) is 3. The zero-order valence-electron chi connectivity index (χ0n) is 19.6. The molecule has 4 fully saturated rings. The summed E-state index contributed by atoms with van der Waals surface area (Å²) >= 11 is 0. The Morgan fingerprint density at radius 1 is 1.22 bits per heavy atom. The van der Waals surface area contributed by atoms with Crippen molar-refractivity contribution in [2.45, 2.75) is 57.5 Å². The van der Waals surface area contributed by atoms with Crippen LogP contribution in [0.1, 0.15) is 51.9 Å². The molecular weight excluding hydrogens is 414 g/mol. The van der Waals surface area contributed by atoms with Gasteiger partial charge in [0.15, 0.2) is 5.78 Å². The van der Waals surface area contributed by atoms with Crippen molar-refractivity contribution in [3.63, 3.8) is 0 Å². The third kappa shape index (κ3) is 2.94. The van der Waals surface area contributed by atoms with Crippen LogP contribution < -0.4 is 0 Å². The van der Waals surface area contributed by atoms with Crippen LogP contribution in [0.15, 0.2) is 0 Å². The van der Waals surface area contributed by atoms with E-state index in [4.69, 9.17) is 14.2 Å². The number of hydrogen-bond donors (Lipinski definition) is 0. The van der Waals surface area contributed by atoms with Gasteiger partial charge < -0.3 is 19.1 Å². The van der Waals surface area contributed by atoms with Gasteiger partial charge in [0.25, 0.3) is 0 Å². The maximum Gasteiger partial charge on any atom is 0.309 e. The van der Waals surface area contributed by atoms with Crippen molar-refractivity contribution in [2.24, 2.45) is 28.6 Å². The number of hydrogen-bond acceptors (Lipinski definition) is 8. The fourth-order valence-electron chi connectivity index (χ4n) is 7.85. The molecule has 4 rings (SSSR count). The number of carbonyl (C=O) groups is 4. The van der Waals surface area contributed by atoms with Gasteiger partial charge in [0.2, 0.25) is 0 Å². The summed E-state index contributed by atoms with van der Waals surface area (Å²) < 4.78 is 16.7. The van der Waals surface area contributed by atoms with E-state index in [0.717, 1.165) is 13.0 Å². The van der Waals surface area contributed by atoms with E-state index in [1.807, 2.05) is 14.0 Å². The average molecular weight is 450 g/mol. The number of likely N-dealkylation sites (tertiary alicyclic amines) is 1. The van der Waals surface area contributed by atoms with Gasteiger partial charge in [-0.1, -0.05) is 6.92 Å². The van der Waals surface area contributed by atoms with Crippen molar-refractivity contribution < 1.29 is 33.4 Å². The summed E-state index contributed by atoms with van der Waals surface area (Å²) in [5.41, 5.74) is -2.26. The van der Waals surface area contributed by atoms with Crippen LogP contribution in [0.4, 0.5) is 0 Å². The zero-order valence-corrected chi connectivity index (χ0v) is 19.6. The zero-order chi connectivity index (χ0) is 23.3. The van der Waals surface area contributed by atoms with Gasteiger partial charge in [0.05, 0.1) is 33.2 Å². The molecule has 6 atom stereocenters. The molecule has 0 amide bonds. The second-order valence-corrected chi connectivity index (χ2v) is 10.2. The Bertz CT molecular complexity index is 827. The summed E-state index contributed by atoms with van der Waals surface area (Å²) in [7, 11) is 4.70. The Morgan fingerprint density at radius 2 is 1.97 bits per heavy atom. The molecule has 2 saturated carbocycles. The Labute approximate surface area is 189 Å². The van der Waals surface area contributed by atoms with Gasteiger partial charge in [-0.25, -0.2) is 0 Å². The van der Waals surface area contributed by atoms with Crippen LogP contribution in [0.25, 0.3) is 0 Å². The number of carbonyl (C=O) groups excluding carboxylic acids is 4. The second kappa shape index (κ2) is 8.20. The highest BCUT2D eigenvalue weighted by atomic mass is 16.5. The summed E-state index contributed by atoms with van der Waals surface area (Å²) in [5.74, 6) is -1.77. The molecule has 2 saturated heterocycles. The van der Waals surface area contributed by atoms with E-state index in [1.165, 1.54) is 14.2 Å². The molecule has 8 nitrogen and oxygen atoms in total. The fourth-order valence-corrected chi connectivity index (χ4v) is 7.85. The minimum Gasteiger partial charge on any atom is -0.469 e. The normalized spacial score (nSPS) is 40.5. The van der Waals surface area contributed by atoms with Crippen molar-refractivity contribution in [3.05, 3.63) is 0 Å². The van der Waals surface area contributed by atoms with E-state index < -0.39 is 34.8 Å². The molecule has 2 heterocycles. The topological polar surface area (TPSA) is 99.2 Å². The smallest absolute Gasteiger partial charge is 0.309 e. The summed E-state index contributed by atoms with van der Waals surface area (Å²) in [6.07, 6.45) is 3.02. The standard InChI is InChI=1S/C24H35NO7/c1-5-16(26)8-9-22-14-32-24-18(10-20(28)30-3)17(21(29)31-4)11-23(22,24)13-25(2)12-15(22)6-7-19(24)27/h15,17-18H,5-14H2,1-4H3. The Hall–Kier alpha value is -1.80. The van der Waals surface area contributed by atoms with E-state index in [1.54, 1.807) is 0 Å². The maximum atomic E-state index is 13.9. The molecule has 0 aromatic carbocycles. The van der Waals surface area contributed by atoms with E-state index in [-0.39, 0.29) is 29.3 Å². The van der Waals surface area contributed by atoms with Crippen LogP contribution in [0, 0.1) is 28.6 Å². The van der Waals surface area contributed by atoms with Crippen LogP contribution in [-0.4, -0.2) is 75.0 Å². The third-order valence-electron chi connectivity index (χ3n) is 9.15. The van der Waals surface area contributed by atoms with Crippen LogP contribution in [-0.2, 0) is 33.4 Å². The Kier molecular flexibility index (Phi) is 5.99. The van der Waals surface area contributed by atoms with E-state index in [0.29, 0.717) is 45.3 Å². The molecule has 0 aromatic heterocycles. The van der Waals surface area contributed by atoms with Crippen molar-refractivity contribution in [1.82, 2.24) is 4.90 Å². The molecule has 6 unspecified atom stereocenters. The highest BCUT2D eigenvalue weighted by Gasteiger charge is 2.82.